The lowest BCUT2D eigenvalue weighted by molar-refractivity contribution is -0.122. The van der Waals surface area contributed by atoms with Gasteiger partial charge in [0, 0.05) is 12.1 Å². The molecule has 0 saturated carbocycles. The van der Waals surface area contributed by atoms with Crippen molar-refractivity contribution in [3.05, 3.63) is 39.5 Å². The average molecular weight is 404 g/mol. The molecule has 116 valence electrons. The summed E-state index contributed by atoms with van der Waals surface area (Å²) in [6.07, 6.45) is 3.13. The van der Waals surface area contributed by atoms with E-state index in [-0.39, 0.29) is 32.6 Å². The summed E-state index contributed by atoms with van der Waals surface area (Å²) in [6, 6.07) is 1.53. The number of carbonyl (C=O) groups excluding carboxylic acids is 1. The van der Waals surface area contributed by atoms with Crippen LogP contribution in [0, 0.1) is 0 Å². The van der Waals surface area contributed by atoms with Gasteiger partial charge in [0.15, 0.2) is 16.6 Å². The van der Waals surface area contributed by atoms with Crippen LogP contribution in [-0.4, -0.2) is 34.7 Å². The fraction of sp³-hybridized carbons (Fsp3) is 0.143. The Morgan fingerprint density at radius 1 is 1.64 bits per heavy atom. The average Bonchev–Trinajstić information content (AvgIpc) is 2.76. The predicted octanol–water partition coefficient (Wildman–Crippen LogP) is 3.06. The summed E-state index contributed by atoms with van der Waals surface area (Å²) in [6.45, 7) is 3.91. The maximum absolute atomic E-state index is 12.3. The summed E-state index contributed by atoms with van der Waals surface area (Å²) in [4.78, 5) is 13.6. The number of carbonyl (C=O) groups is 1. The molecule has 0 aromatic heterocycles. The topological polar surface area (TPSA) is 61.8 Å². The van der Waals surface area contributed by atoms with Crippen molar-refractivity contribution in [2.45, 2.75) is 0 Å². The number of hydrogen-bond acceptors (Lipinski definition) is 4. The first kappa shape index (κ1) is 16.8. The second-order valence-corrected chi connectivity index (χ2v) is 5.89. The van der Waals surface area contributed by atoms with E-state index in [0.717, 1.165) is 0 Å². The van der Waals surface area contributed by atoms with Crippen molar-refractivity contribution in [2.75, 3.05) is 13.7 Å². The summed E-state index contributed by atoms with van der Waals surface area (Å²) in [7, 11) is 1.42. The lowest BCUT2D eigenvalue weighted by atomic mass is 10.1. The third-order valence-electron chi connectivity index (χ3n) is 2.97. The molecule has 1 aliphatic heterocycles. The van der Waals surface area contributed by atoms with Gasteiger partial charge in [-0.2, -0.15) is 0 Å². The Morgan fingerprint density at radius 2 is 2.32 bits per heavy atom. The third kappa shape index (κ3) is 2.97. The van der Waals surface area contributed by atoms with Gasteiger partial charge in [0.25, 0.3) is 5.91 Å². The molecule has 0 radical (unpaired) electrons. The van der Waals surface area contributed by atoms with Crippen molar-refractivity contribution in [1.29, 1.82) is 0 Å². The van der Waals surface area contributed by atoms with Gasteiger partial charge in [-0.1, -0.05) is 17.7 Å². The molecular weight excluding hydrogens is 392 g/mol. The number of rotatable bonds is 4. The molecule has 0 aliphatic carbocycles. The number of amides is 1. The number of hydrogen-bond donors (Lipinski definition) is 2. The van der Waals surface area contributed by atoms with Crippen molar-refractivity contribution in [3.8, 4) is 11.5 Å². The molecule has 2 rings (SSSR count). The predicted molar refractivity (Wildman–Crippen MR) is 93.0 cm³/mol. The van der Waals surface area contributed by atoms with Gasteiger partial charge in [-0.25, -0.2) is 0 Å². The van der Waals surface area contributed by atoms with E-state index in [1.54, 1.807) is 12.2 Å². The summed E-state index contributed by atoms with van der Waals surface area (Å²) < 4.78 is 5.36. The van der Waals surface area contributed by atoms with E-state index in [1.165, 1.54) is 18.1 Å². The molecule has 2 N–H and O–H groups in total. The van der Waals surface area contributed by atoms with Crippen LogP contribution in [0.15, 0.2) is 28.9 Å². The largest absolute Gasteiger partial charge is 0.503 e. The second-order valence-electron chi connectivity index (χ2n) is 4.34. The molecule has 22 heavy (non-hydrogen) atoms. The summed E-state index contributed by atoms with van der Waals surface area (Å²) in [5.74, 6) is -0.146. The molecule has 1 heterocycles. The Kier molecular flexibility index (Phi) is 5.10. The highest BCUT2D eigenvalue weighted by molar-refractivity contribution is 9.10. The quantitative estimate of drug-likeness (QED) is 0.460. The van der Waals surface area contributed by atoms with Gasteiger partial charge in [0.05, 0.1) is 16.6 Å². The van der Waals surface area contributed by atoms with Crippen LogP contribution in [0.5, 0.6) is 11.5 Å². The lowest BCUT2D eigenvalue weighted by Gasteiger charge is -2.10. The number of phenols is 1. The highest BCUT2D eigenvalue weighted by Crippen LogP contribution is 2.42. The van der Waals surface area contributed by atoms with E-state index in [2.05, 4.69) is 27.8 Å². The molecular formula is C14H12BrClN2O3S. The van der Waals surface area contributed by atoms with Gasteiger partial charge in [-0.15, -0.1) is 6.58 Å². The van der Waals surface area contributed by atoms with Crippen molar-refractivity contribution >= 4 is 56.8 Å². The Morgan fingerprint density at radius 3 is 2.91 bits per heavy atom. The number of nitrogens with zero attached hydrogens (tertiary/aromatic N) is 1. The van der Waals surface area contributed by atoms with E-state index in [0.29, 0.717) is 17.2 Å². The summed E-state index contributed by atoms with van der Waals surface area (Å²) in [5, 5.41) is 13.3. The normalized spacial score (nSPS) is 16.1. The standard InChI is InChI=1S/C14H12BrClN2O3S/c1-3-4-18-13(20)8(17-14(18)22)5-7-6-9(21-2)12(19)10(15)11(7)16/h3,5-6,19H,1,4H2,2H3,(H,17,22)/b8-5+. The first-order valence-corrected chi connectivity index (χ1v) is 7.69. The molecule has 1 aromatic carbocycles. The fourth-order valence-electron chi connectivity index (χ4n) is 1.89. The van der Waals surface area contributed by atoms with E-state index >= 15 is 0 Å². The minimum Gasteiger partial charge on any atom is -0.503 e. The molecule has 5 nitrogen and oxygen atoms in total. The van der Waals surface area contributed by atoms with Crippen LogP contribution in [0.2, 0.25) is 5.02 Å². The number of thiocarbonyl (C=S) groups is 1. The van der Waals surface area contributed by atoms with Gasteiger partial charge in [-0.05, 0) is 40.3 Å². The van der Waals surface area contributed by atoms with Crippen molar-refractivity contribution in [3.63, 3.8) is 0 Å². The summed E-state index contributed by atoms with van der Waals surface area (Å²) in [5.41, 5.74) is 0.788. The van der Waals surface area contributed by atoms with Gasteiger partial charge < -0.3 is 15.2 Å². The zero-order valence-electron chi connectivity index (χ0n) is 11.5. The number of ether oxygens (including phenoxy) is 1. The minimum absolute atomic E-state index is 0.107. The monoisotopic (exact) mass is 402 g/mol. The SMILES string of the molecule is C=CCN1C(=O)/C(=C\c2cc(OC)c(O)c(Br)c2Cl)NC1=S. The zero-order valence-corrected chi connectivity index (χ0v) is 14.7. The molecule has 0 atom stereocenters. The maximum Gasteiger partial charge on any atom is 0.276 e. The van der Waals surface area contributed by atoms with Gasteiger partial charge in [0.2, 0.25) is 0 Å². The molecule has 1 aromatic rings. The third-order valence-corrected chi connectivity index (χ3v) is 4.70. The molecule has 1 amide bonds. The summed E-state index contributed by atoms with van der Waals surface area (Å²) >= 11 is 14.5. The van der Waals surface area contributed by atoms with E-state index in [1.807, 2.05) is 0 Å². The number of aromatic hydroxyl groups is 1. The van der Waals surface area contributed by atoms with Crippen LogP contribution < -0.4 is 10.1 Å². The number of nitrogens with one attached hydrogen (secondary N) is 1. The van der Waals surface area contributed by atoms with E-state index in [4.69, 9.17) is 28.6 Å². The molecule has 8 heteroatoms. The molecule has 0 unspecified atom stereocenters. The van der Waals surface area contributed by atoms with E-state index in [9.17, 15) is 9.90 Å². The Bertz CT molecular complexity index is 706. The Hall–Kier alpha value is -1.57. The van der Waals surface area contributed by atoms with Crippen molar-refractivity contribution in [1.82, 2.24) is 10.2 Å². The van der Waals surface area contributed by atoms with Crippen LogP contribution >= 0.6 is 39.7 Å². The van der Waals surface area contributed by atoms with Crippen LogP contribution in [0.4, 0.5) is 0 Å². The molecule has 0 bridgehead atoms. The van der Waals surface area contributed by atoms with Crippen LogP contribution in [0.25, 0.3) is 6.08 Å². The number of methoxy groups -OCH3 is 1. The molecule has 1 fully saturated rings. The van der Waals surface area contributed by atoms with E-state index < -0.39 is 0 Å². The smallest absolute Gasteiger partial charge is 0.276 e. The maximum atomic E-state index is 12.3. The Balaban J connectivity index is 2.46. The van der Waals surface area contributed by atoms with Gasteiger partial charge >= 0.3 is 0 Å². The first-order valence-electron chi connectivity index (χ1n) is 6.11. The number of benzene rings is 1. The molecule has 1 saturated heterocycles. The van der Waals surface area contributed by atoms with Crippen LogP contribution in [0.1, 0.15) is 5.56 Å². The zero-order chi connectivity index (χ0) is 16.4. The number of halogens is 2. The van der Waals surface area contributed by atoms with Crippen LogP contribution in [0.3, 0.4) is 0 Å². The fourth-order valence-corrected chi connectivity index (χ4v) is 2.78. The lowest BCUT2D eigenvalue weighted by Crippen LogP contribution is -2.30. The van der Waals surface area contributed by atoms with Gasteiger partial charge in [-0.3, -0.25) is 9.69 Å². The first-order chi connectivity index (χ1) is 10.4. The highest BCUT2D eigenvalue weighted by atomic mass is 79.9. The minimum atomic E-state index is -0.274. The Labute approximate surface area is 146 Å². The second kappa shape index (κ2) is 6.68. The molecule has 1 aliphatic rings. The van der Waals surface area contributed by atoms with Crippen molar-refractivity contribution < 1.29 is 14.6 Å². The van der Waals surface area contributed by atoms with Crippen molar-refractivity contribution in [2.24, 2.45) is 0 Å². The van der Waals surface area contributed by atoms with Crippen LogP contribution in [-0.2, 0) is 4.79 Å². The highest BCUT2D eigenvalue weighted by Gasteiger charge is 2.30. The number of phenolic OH excluding ortho intramolecular Hbond substituents is 1. The van der Waals surface area contributed by atoms with Gasteiger partial charge in [0.1, 0.15) is 5.70 Å². The molecule has 0 spiro atoms.